The van der Waals surface area contributed by atoms with Crippen molar-refractivity contribution in [2.75, 3.05) is 0 Å². The van der Waals surface area contributed by atoms with Gasteiger partial charge in [-0.25, -0.2) is 4.68 Å². The van der Waals surface area contributed by atoms with Gasteiger partial charge in [0, 0.05) is 34.3 Å². The van der Waals surface area contributed by atoms with Gasteiger partial charge in [-0.3, -0.25) is 5.10 Å². The summed E-state index contributed by atoms with van der Waals surface area (Å²) in [5.41, 5.74) is 1.72. The molecule has 1 aliphatic carbocycles. The molecule has 124 valence electrons. The van der Waals surface area contributed by atoms with Crippen molar-refractivity contribution >= 4 is 11.8 Å². The third-order valence-electron chi connectivity index (χ3n) is 3.62. The highest BCUT2D eigenvalue weighted by molar-refractivity contribution is 8.00. The van der Waals surface area contributed by atoms with Gasteiger partial charge in [0.2, 0.25) is 0 Å². The van der Waals surface area contributed by atoms with Gasteiger partial charge in [0.25, 0.3) is 0 Å². The highest BCUT2D eigenvalue weighted by atomic mass is 32.2. The summed E-state index contributed by atoms with van der Waals surface area (Å²) in [4.78, 5) is 1.02. The molecule has 1 N–H and O–H groups in total. The van der Waals surface area contributed by atoms with Gasteiger partial charge in [-0.2, -0.15) is 19.0 Å². The summed E-state index contributed by atoms with van der Waals surface area (Å²) >= 11 is 1.75. The largest absolute Gasteiger partial charge is 0.434 e. The quantitative estimate of drug-likeness (QED) is 0.728. The summed E-state index contributed by atoms with van der Waals surface area (Å²) in [5.74, 6) is 0.102. The minimum absolute atomic E-state index is 0.102. The van der Waals surface area contributed by atoms with Gasteiger partial charge in [-0.05, 0) is 37.1 Å². The van der Waals surface area contributed by atoms with Crippen molar-refractivity contribution in [1.82, 2.24) is 20.0 Å². The van der Waals surface area contributed by atoms with Crippen LogP contribution in [-0.4, -0.2) is 31.8 Å². The number of thioether (sulfide) groups is 1. The normalized spacial score (nSPS) is 14.3. The molecule has 0 aliphatic heterocycles. The molecule has 3 aromatic rings. The number of alkyl halides is 2. The predicted molar refractivity (Wildman–Crippen MR) is 86.7 cm³/mol. The number of halogens is 2. The summed E-state index contributed by atoms with van der Waals surface area (Å²) < 4.78 is 31.8. The molecule has 2 heterocycles. The van der Waals surface area contributed by atoms with Crippen molar-refractivity contribution in [3.63, 3.8) is 0 Å². The summed E-state index contributed by atoms with van der Waals surface area (Å²) in [6.45, 7) is -2.89. The first-order chi connectivity index (χ1) is 11.7. The number of nitrogens with zero attached hydrogens (tertiary/aromatic N) is 3. The molecule has 0 spiro atoms. The van der Waals surface area contributed by atoms with Gasteiger partial charge >= 0.3 is 6.61 Å². The Kier molecular flexibility index (Phi) is 3.97. The first-order valence-electron chi connectivity index (χ1n) is 7.50. The molecule has 0 bridgehead atoms. The van der Waals surface area contributed by atoms with E-state index < -0.39 is 6.61 Å². The van der Waals surface area contributed by atoms with Gasteiger partial charge in [-0.15, -0.1) is 11.8 Å². The second-order valence-electron chi connectivity index (χ2n) is 5.42. The lowest BCUT2D eigenvalue weighted by Crippen LogP contribution is -2.04. The zero-order chi connectivity index (χ0) is 16.5. The minimum Gasteiger partial charge on any atom is -0.434 e. The third kappa shape index (κ3) is 3.14. The Bertz CT molecular complexity index is 830. The maximum absolute atomic E-state index is 12.8. The molecule has 0 amide bonds. The lowest BCUT2D eigenvalue weighted by atomic mass is 10.1. The van der Waals surface area contributed by atoms with Crippen LogP contribution in [0.2, 0.25) is 0 Å². The number of H-pyrrole nitrogens is 1. The van der Waals surface area contributed by atoms with E-state index in [0.717, 1.165) is 4.90 Å². The fourth-order valence-electron chi connectivity index (χ4n) is 2.41. The molecule has 1 fully saturated rings. The zero-order valence-corrected chi connectivity index (χ0v) is 13.3. The van der Waals surface area contributed by atoms with Crippen molar-refractivity contribution < 1.29 is 13.5 Å². The van der Waals surface area contributed by atoms with E-state index in [1.165, 1.54) is 12.8 Å². The van der Waals surface area contributed by atoms with Crippen LogP contribution in [0, 0.1) is 0 Å². The molecule has 0 unspecified atom stereocenters. The van der Waals surface area contributed by atoms with E-state index in [1.807, 2.05) is 12.1 Å². The Balaban J connectivity index is 1.78. The lowest BCUT2D eigenvalue weighted by Gasteiger charge is -2.12. The maximum atomic E-state index is 12.8. The van der Waals surface area contributed by atoms with Crippen molar-refractivity contribution in [2.24, 2.45) is 0 Å². The molecule has 5 nitrogen and oxygen atoms in total. The van der Waals surface area contributed by atoms with Gasteiger partial charge < -0.3 is 4.74 Å². The maximum Gasteiger partial charge on any atom is 0.387 e. The molecular formula is C16H14F2N4OS. The number of rotatable bonds is 6. The third-order valence-corrected chi connectivity index (χ3v) is 4.95. The second kappa shape index (κ2) is 6.27. The van der Waals surface area contributed by atoms with Gasteiger partial charge in [-0.1, -0.05) is 0 Å². The Morgan fingerprint density at radius 1 is 1.33 bits per heavy atom. The average molecular weight is 348 g/mol. The topological polar surface area (TPSA) is 55.7 Å². The van der Waals surface area contributed by atoms with Crippen LogP contribution in [0.1, 0.15) is 12.8 Å². The number of ether oxygens (including phenoxy) is 1. The molecule has 0 saturated heterocycles. The van der Waals surface area contributed by atoms with Crippen LogP contribution in [0.15, 0.2) is 47.8 Å². The smallest absolute Gasteiger partial charge is 0.387 e. The van der Waals surface area contributed by atoms with E-state index in [9.17, 15) is 8.78 Å². The molecule has 0 atom stereocenters. The van der Waals surface area contributed by atoms with E-state index in [4.69, 9.17) is 4.74 Å². The fourth-order valence-corrected chi connectivity index (χ4v) is 3.50. The zero-order valence-electron chi connectivity index (χ0n) is 12.5. The van der Waals surface area contributed by atoms with Crippen molar-refractivity contribution in [3.05, 3.63) is 42.9 Å². The Morgan fingerprint density at radius 3 is 2.92 bits per heavy atom. The van der Waals surface area contributed by atoms with Crippen LogP contribution >= 0.6 is 11.8 Å². The van der Waals surface area contributed by atoms with Crippen LogP contribution in [0.25, 0.3) is 16.9 Å². The predicted octanol–water partition coefficient (Wildman–Crippen LogP) is 4.12. The first-order valence-corrected chi connectivity index (χ1v) is 8.38. The highest BCUT2D eigenvalue weighted by Gasteiger charge is 2.24. The SMILES string of the molecule is FC(F)Oc1ccc(SC2CC2)cc1-c1n[nH]cc1-n1cccn1. The van der Waals surface area contributed by atoms with Crippen molar-refractivity contribution in [3.8, 4) is 22.7 Å². The number of aromatic nitrogens is 4. The summed E-state index contributed by atoms with van der Waals surface area (Å²) in [6, 6.07) is 7.02. The number of nitrogens with one attached hydrogen (secondary N) is 1. The monoisotopic (exact) mass is 348 g/mol. The number of aromatic amines is 1. The molecule has 1 aliphatic rings. The van der Waals surface area contributed by atoms with E-state index >= 15 is 0 Å². The lowest BCUT2D eigenvalue weighted by molar-refractivity contribution is -0.0494. The molecule has 8 heteroatoms. The Hall–Kier alpha value is -2.35. The van der Waals surface area contributed by atoms with Crippen LogP contribution in [0.3, 0.4) is 0 Å². The molecular weight excluding hydrogens is 334 g/mol. The van der Waals surface area contributed by atoms with Crippen molar-refractivity contribution in [1.29, 1.82) is 0 Å². The minimum atomic E-state index is -2.89. The number of benzene rings is 1. The van der Waals surface area contributed by atoms with E-state index in [2.05, 4.69) is 15.3 Å². The van der Waals surface area contributed by atoms with Gasteiger partial charge in [0.05, 0.1) is 0 Å². The van der Waals surface area contributed by atoms with E-state index in [-0.39, 0.29) is 5.75 Å². The van der Waals surface area contributed by atoms with E-state index in [1.54, 1.807) is 47.2 Å². The summed E-state index contributed by atoms with van der Waals surface area (Å²) in [6.07, 6.45) is 7.47. The Labute approximate surface area is 141 Å². The van der Waals surface area contributed by atoms with E-state index in [0.29, 0.717) is 22.2 Å². The van der Waals surface area contributed by atoms with Gasteiger partial charge in [0.1, 0.15) is 17.1 Å². The molecule has 2 aromatic heterocycles. The molecule has 24 heavy (non-hydrogen) atoms. The average Bonchev–Trinajstić information content (AvgIpc) is 3.04. The van der Waals surface area contributed by atoms with Crippen LogP contribution in [0.4, 0.5) is 8.78 Å². The van der Waals surface area contributed by atoms with Crippen LogP contribution in [0.5, 0.6) is 5.75 Å². The van der Waals surface area contributed by atoms with Crippen molar-refractivity contribution in [2.45, 2.75) is 29.6 Å². The molecule has 1 saturated carbocycles. The van der Waals surface area contributed by atoms with Crippen LogP contribution in [-0.2, 0) is 0 Å². The Morgan fingerprint density at radius 2 is 2.21 bits per heavy atom. The number of hydrogen-bond donors (Lipinski definition) is 1. The summed E-state index contributed by atoms with van der Waals surface area (Å²) in [5, 5.41) is 11.8. The van der Waals surface area contributed by atoms with Gasteiger partial charge in [0.15, 0.2) is 0 Å². The second-order valence-corrected chi connectivity index (χ2v) is 6.80. The molecule has 0 radical (unpaired) electrons. The molecule has 4 rings (SSSR count). The number of hydrogen-bond acceptors (Lipinski definition) is 4. The first kappa shape index (κ1) is 15.2. The fraction of sp³-hybridized carbons (Fsp3) is 0.250. The van der Waals surface area contributed by atoms with Crippen LogP contribution < -0.4 is 4.74 Å². The molecule has 1 aromatic carbocycles. The highest BCUT2D eigenvalue weighted by Crippen LogP contribution is 2.42. The summed E-state index contributed by atoms with van der Waals surface area (Å²) in [7, 11) is 0. The standard InChI is InChI=1S/C16H14F2N4OS/c17-16(18)23-14-5-4-11(24-10-2-3-10)8-12(14)15-13(9-19-21-15)22-7-1-6-20-22/h1,4-10,16H,2-3H2,(H,19,21).